The van der Waals surface area contributed by atoms with Gasteiger partial charge < -0.3 is 15.1 Å². The molecular formula is C29H31FN6O2. The maximum atomic E-state index is 14.1. The molecule has 2 bridgehead atoms. The van der Waals surface area contributed by atoms with Crippen LogP contribution in [0.15, 0.2) is 67.3 Å². The Bertz CT molecular complexity index is 1440. The van der Waals surface area contributed by atoms with Gasteiger partial charge >= 0.3 is 0 Å². The molecule has 6 rings (SSSR count). The van der Waals surface area contributed by atoms with Gasteiger partial charge in [-0.25, -0.2) is 9.37 Å². The standard InChI is InChI=1S/C29H31FN6O2/c1-19-32-27-7-11-31-18-28(27)36(19)25-16-23-5-6-24(17-25)35(23)14-10-26(21-3-2-4-22(30)15-21)33-29(37)20-8-12-34(38)13-9-20/h2-4,7-9,11-13,15,18,23-26H,5-6,10,14,16-17H2,1H3,(H,33,37)/t23-,24+,25?,26-/m0/s1. The molecule has 4 aromatic rings. The number of pyridine rings is 2. The smallest absolute Gasteiger partial charge is 0.252 e. The van der Waals surface area contributed by atoms with E-state index in [4.69, 9.17) is 4.98 Å². The highest BCUT2D eigenvalue weighted by Gasteiger charge is 2.41. The fourth-order valence-corrected chi connectivity index (χ4v) is 6.47. The molecule has 3 aromatic heterocycles. The minimum absolute atomic E-state index is 0.280. The summed E-state index contributed by atoms with van der Waals surface area (Å²) in [5.41, 5.74) is 3.23. The van der Waals surface area contributed by atoms with E-state index in [1.807, 2.05) is 18.3 Å². The van der Waals surface area contributed by atoms with E-state index < -0.39 is 0 Å². The molecule has 0 radical (unpaired) electrons. The highest BCUT2D eigenvalue weighted by Crippen LogP contribution is 2.42. The fourth-order valence-electron chi connectivity index (χ4n) is 6.47. The van der Waals surface area contributed by atoms with Gasteiger partial charge in [-0.05, 0) is 62.8 Å². The second kappa shape index (κ2) is 10.1. The molecule has 2 aliphatic heterocycles. The molecule has 38 heavy (non-hydrogen) atoms. The molecule has 1 amide bonds. The average molecular weight is 515 g/mol. The van der Waals surface area contributed by atoms with Crippen LogP contribution in [-0.4, -0.2) is 44.0 Å². The Morgan fingerprint density at radius 2 is 1.92 bits per heavy atom. The summed E-state index contributed by atoms with van der Waals surface area (Å²) in [6, 6.07) is 12.3. The third kappa shape index (κ3) is 4.74. The van der Waals surface area contributed by atoms with Crippen LogP contribution in [0.1, 0.15) is 65.9 Å². The molecule has 0 spiro atoms. The van der Waals surface area contributed by atoms with Gasteiger partial charge in [0.1, 0.15) is 11.6 Å². The van der Waals surface area contributed by atoms with Gasteiger partial charge in [0.2, 0.25) is 0 Å². The van der Waals surface area contributed by atoms with E-state index in [-0.39, 0.29) is 17.8 Å². The molecule has 1 aromatic carbocycles. The molecule has 2 saturated heterocycles. The first kappa shape index (κ1) is 24.5. The normalized spacial score (nSPS) is 22.0. The van der Waals surface area contributed by atoms with E-state index in [0.29, 0.717) is 34.8 Å². The fraction of sp³-hybridized carbons (Fsp3) is 0.379. The summed E-state index contributed by atoms with van der Waals surface area (Å²) in [4.78, 5) is 24.7. The highest BCUT2D eigenvalue weighted by molar-refractivity contribution is 5.94. The van der Waals surface area contributed by atoms with Crippen molar-refractivity contribution in [1.82, 2.24) is 24.8 Å². The van der Waals surface area contributed by atoms with Crippen LogP contribution >= 0.6 is 0 Å². The van der Waals surface area contributed by atoms with Crippen LogP contribution in [0.25, 0.3) is 11.0 Å². The number of halogens is 1. The number of rotatable bonds is 7. The predicted octanol–water partition coefficient (Wildman–Crippen LogP) is 4.24. The van der Waals surface area contributed by atoms with Crippen molar-refractivity contribution < 1.29 is 13.9 Å². The molecule has 196 valence electrons. The zero-order valence-electron chi connectivity index (χ0n) is 21.3. The number of hydrogen-bond donors (Lipinski definition) is 1. The van der Waals surface area contributed by atoms with Crippen molar-refractivity contribution in [2.45, 2.75) is 63.2 Å². The van der Waals surface area contributed by atoms with Gasteiger partial charge in [-0.1, -0.05) is 12.1 Å². The number of amides is 1. The van der Waals surface area contributed by atoms with Crippen molar-refractivity contribution >= 4 is 16.9 Å². The number of fused-ring (bicyclic) bond motifs is 3. The molecule has 2 fully saturated rings. The van der Waals surface area contributed by atoms with Crippen molar-refractivity contribution in [1.29, 1.82) is 0 Å². The lowest BCUT2D eigenvalue weighted by Crippen LogP contribution is -2.45. The summed E-state index contributed by atoms with van der Waals surface area (Å²) in [5.74, 6) is 0.424. The zero-order chi connectivity index (χ0) is 26.2. The molecule has 4 atom stereocenters. The Labute approximate surface area is 220 Å². The van der Waals surface area contributed by atoms with Gasteiger partial charge in [-0.15, -0.1) is 0 Å². The predicted molar refractivity (Wildman–Crippen MR) is 141 cm³/mol. The van der Waals surface area contributed by atoms with E-state index in [0.717, 1.165) is 54.6 Å². The Morgan fingerprint density at radius 1 is 1.16 bits per heavy atom. The monoisotopic (exact) mass is 514 g/mol. The van der Waals surface area contributed by atoms with Gasteiger partial charge in [0.25, 0.3) is 5.91 Å². The lowest BCUT2D eigenvalue weighted by atomic mass is 9.95. The summed E-state index contributed by atoms with van der Waals surface area (Å²) < 4.78 is 17.1. The number of nitrogens with zero attached hydrogens (tertiary/aromatic N) is 5. The van der Waals surface area contributed by atoms with Crippen LogP contribution in [0.2, 0.25) is 0 Å². The van der Waals surface area contributed by atoms with Crippen molar-refractivity contribution in [2.75, 3.05) is 6.54 Å². The third-order valence-corrected chi connectivity index (χ3v) is 8.19. The van der Waals surface area contributed by atoms with Crippen LogP contribution in [0.4, 0.5) is 4.39 Å². The number of benzene rings is 1. The van der Waals surface area contributed by atoms with Gasteiger partial charge in [-0.2, -0.15) is 4.73 Å². The van der Waals surface area contributed by atoms with Gasteiger partial charge in [-0.3, -0.25) is 14.7 Å². The van der Waals surface area contributed by atoms with Gasteiger partial charge in [0.05, 0.1) is 28.8 Å². The van der Waals surface area contributed by atoms with E-state index >= 15 is 0 Å². The van der Waals surface area contributed by atoms with Crippen LogP contribution in [0.5, 0.6) is 0 Å². The molecule has 1 unspecified atom stereocenters. The maximum absolute atomic E-state index is 14.1. The lowest BCUT2D eigenvalue weighted by Gasteiger charge is -2.40. The molecule has 0 saturated carbocycles. The van der Waals surface area contributed by atoms with E-state index in [1.165, 1.54) is 36.7 Å². The molecule has 2 aliphatic rings. The third-order valence-electron chi connectivity index (χ3n) is 8.19. The molecule has 0 aliphatic carbocycles. The van der Waals surface area contributed by atoms with Crippen molar-refractivity contribution in [3.63, 3.8) is 0 Å². The van der Waals surface area contributed by atoms with Crippen LogP contribution in [0.3, 0.4) is 0 Å². The maximum Gasteiger partial charge on any atom is 0.252 e. The van der Waals surface area contributed by atoms with Crippen LogP contribution in [0, 0.1) is 17.9 Å². The van der Waals surface area contributed by atoms with E-state index in [1.54, 1.807) is 12.3 Å². The van der Waals surface area contributed by atoms with Crippen molar-refractivity contribution in [3.8, 4) is 0 Å². The van der Waals surface area contributed by atoms with Crippen LogP contribution in [-0.2, 0) is 0 Å². The first-order chi connectivity index (χ1) is 18.5. The number of aryl methyl sites for hydroxylation is 1. The largest absolute Gasteiger partial charge is 0.619 e. The number of piperidine rings is 1. The van der Waals surface area contributed by atoms with E-state index in [9.17, 15) is 14.4 Å². The number of aromatic nitrogens is 4. The molecule has 9 heteroatoms. The Hall–Kier alpha value is -3.85. The Balaban J connectivity index is 1.18. The van der Waals surface area contributed by atoms with Crippen LogP contribution < -0.4 is 10.0 Å². The SMILES string of the molecule is Cc1nc2ccncc2n1C1C[C@H]2CC[C@@H](C1)N2CC[C@H](NC(=O)c1cc[n+]([O-])cc1)c1cccc(F)c1. The van der Waals surface area contributed by atoms with E-state index in [2.05, 4.69) is 26.7 Å². The summed E-state index contributed by atoms with van der Waals surface area (Å²) in [6.45, 7) is 2.88. The second-order valence-corrected chi connectivity index (χ2v) is 10.5. The number of hydrogen-bond acceptors (Lipinski definition) is 5. The molecule has 8 nitrogen and oxygen atoms in total. The number of carbonyl (C=O) groups is 1. The lowest BCUT2D eigenvalue weighted by molar-refractivity contribution is -0.605. The highest BCUT2D eigenvalue weighted by atomic mass is 19.1. The first-order valence-corrected chi connectivity index (χ1v) is 13.3. The Kier molecular flexibility index (Phi) is 6.53. The Morgan fingerprint density at radius 3 is 2.66 bits per heavy atom. The molecule has 5 heterocycles. The summed E-state index contributed by atoms with van der Waals surface area (Å²) in [5, 5.41) is 14.5. The van der Waals surface area contributed by atoms with Crippen molar-refractivity contribution in [2.24, 2.45) is 0 Å². The zero-order valence-corrected chi connectivity index (χ0v) is 21.3. The summed E-state index contributed by atoms with van der Waals surface area (Å²) in [6.07, 6.45) is 11.4. The second-order valence-electron chi connectivity index (χ2n) is 10.5. The number of imidazole rings is 1. The van der Waals surface area contributed by atoms with Gasteiger partial charge in [0.15, 0.2) is 12.4 Å². The number of nitrogens with one attached hydrogen (secondary N) is 1. The topological polar surface area (TPSA) is 90.0 Å². The van der Waals surface area contributed by atoms with Crippen molar-refractivity contribution in [3.05, 3.63) is 95.2 Å². The van der Waals surface area contributed by atoms with Gasteiger partial charge in [0, 0.05) is 43.0 Å². The first-order valence-electron chi connectivity index (χ1n) is 13.3. The average Bonchev–Trinajstić information content (AvgIpc) is 3.37. The minimum Gasteiger partial charge on any atom is -0.619 e. The number of carbonyl (C=O) groups excluding carboxylic acids is 1. The summed E-state index contributed by atoms with van der Waals surface area (Å²) >= 11 is 0. The summed E-state index contributed by atoms with van der Waals surface area (Å²) in [7, 11) is 0. The molecule has 1 N–H and O–H groups in total. The molecular weight excluding hydrogens is 483 g/mol. The quantitative estimate of drug-likeness (QED) is 0.294. The minimum atomic E-state index is -0.346.